The second-order valence-corrected chi connectivity index (χ2v) is 24.8. The zero-order valence-corrected chi connectivity index (χ0v) is 57.1. The molecule has 1 aromatic carbocycles. The Morgan fingerprint density at radius 1 is 0.642 bits per heavy atom. The number of carbonyl (C=O) groups is 5. The lowest BCUT2D eigenvalue weighted by Gasteiger charge is -2.35. The zero-order valence-electron chi connectivity index (χ0n) is 56.3. The van der Waals surface area contributed by atoms with Crippen molar-refractivity contribution in [3.8, 4) is 11.1 Å². The van der Waals surface area contributed by atoms with Gasteiger partial charge in [0.25, 0.3) is 11.8 Å². The number of benzene rings is 1. The summed E-state index contributed by atoms with van der Waals surface area (Å²) in [5, 5.41) is 17.7. The summed E-state index contributed by atoms with van der Waals surface area (Å²) in [5.74, 6) is 0.850. The maximum Gasteiger partial charge on any atom is 0.315 e. The zero-order chi connectivity index (χ0) is 67.1. The number of pyridine rings is 1. The van der Waals surface area contributed by atoms with E-state index in [4.69, 9.17) is 61.8 Å². The van der Waals surface area contributed by atoms with Crippen molar-refractivity contribution in [2.75, 3.05) is 208 Å². The largest absolute Gasteiger partial charge is 0.379 e. The van der Waals surface area contributed by atoms with Gasteiger partial charge in [0.05, 0.1) is 200 Å². The molecule has 0 bridgehead atoms. The van der Waals surface area contributed by atoms with Crippen LogP contribution in [-0.2, 0) is 71.2 Å². The summed E-state index contributed by atoms with van der Waals surface area (Å²) in [6.45, 7) is 21.8. The first-order valence-corrected chi connectivity index (χ1v) is 35.0. The van der Waals surface area contributed by atoms with Gasteiger partial charge in [-0.25, -0.2) is 14.8 Å². The molecule has 0 radical (unpaired) electrons. The van der Waals surface area contributed by atoms with Crippen molar-refractivity contribution in [3.63, 3.8) is 0 Å². The van der Waals surface area contributed by atoms with E-state index in [1.165, 1.54) is 0 Å². The molecule has 4 aliphatic heterocycles. The molecule has 0 saturated carbocycles. The van der Waals surface area contributed by atoms with E-state index < -0.39 is 5.92 Å². The van der Waals surface area contributed by atoms with Gasteiger partial charge in [0.2, 0.25) is 11.8 Å². The number of fused-ring (bicyclic) bond motifs is 2. The average Bonchev–Trinajstić information content (AvgIpc) is 1.71. The summed E-state index contributed by atoms with van der Waals surface area (Å²) in [4.78, 5) is 76.5. The SMILES string of the molecule is CCCC1=CC(C)=NC(=O)C1CNC(=O)c1cc(-c2ccc(N3CCN(C(=O)CCOCCOCCOCCOCCOCCOCCOCCOCCOCCOCCOCCOCCNC(=O)CCCC[C@@H]4SC[C@@H]5NC(=O)N[C@@H]54)CC3)nc2)cc2c1cnn2C(C)C. The van der Waals surface area contributed by atoms with Crippen molar-refractivity contribution in [2.45, 2.75) is 96.0 Å². The number of dihydropyridines is 1. The average molecular weight is 1350 g/mol. The lowest BCUT2D eigenvalue weighted by atomic mass is 9.91. The second kappa shape index (κ2) is 45.0. The number of hydrogen-bond donors (Lipinski definition) is 4. The van der Waals surface area contributed by atoms with Crippen LogP contribution in [0, 0.1) is 5.92 Å². The van der Waals surface area contributed by atoms with Gasteiger partial charge < -0.3 is 87.9 Å². The van der Waals surface area contributed by atoms with Crippen molar-refractivity contribution < 1.29 is 80.8 Å². The maximum atomic E-state index is 13.9. The minimum absolute atomic E-state index is 0.0346. The Kier molecular flexibility index (Phi) is 36.3. The van der Waals surface area contributed by atoms with Crippen molar-refractivity contribution >= 4 is 63.9 Å². The van der Waals surface area contributed by atoms with Gasteiger partial charge >= 0.3 is 6.03 Å². The number of ether oxygens (including phenoxy) is 12. The number of amides is 6. The predicted octanol–water partition coefficient (Wildman–Crippen LogP) is 4.83. The summed E-state index contributed by atoms with van der Waals surface area (Å²) in [6, 6.07) is 8.33. The normalized spacial score (nSPS) is 17.9. The maximum absolute atomic E-state index is 13.9. The van der Waals surface area contributed by atoms with E-state index in [9.17, 15) is 24.0 Å². The van der Waals surface area contributed by atoms with Crippen molar-refractivity contribution in [1.82, 2.24) is 40.9 Å². The molecule has 4 atom stereocenters. The molecule has 27 nitrogen and oxygen atoms in total. The van der Waals surface area contributed by atoms with E-state index in [0.29, 0.717) is 221 Å². The van der Waals surface area contributed by atoms with E-state index in [1.54, 1.807) is 6.20 Å². The number of urea groups is 1. The summed E-state index contributed by atoms with van der Waals surface area (Å²) < 4.78 is 68.7. The number of anilines is 1. The number of aliphatic imine (C=N–C) groups is 1. The number of carbonyl (C=O) groups excluding carboxylic acids is 5. The minimum atomic E-state index is -0.490. The number of hydrogen-bond acceptors (Lipinski definition) is 21. The van der Waals surface area contributed by atoms with Gasteiger partial charge in [-0.05, 0) is 75.9 Å². The third-order valence-corrected chi connectivity index (χ3v) is 17.6. The second-order valence-electron chi connectivity index (χ2n) is 23.6. The van der Waals surface area contributed by atoms with Crippen LogP contribution < -0.4 is 26.2 Å². The highest BCUT2D eigenvalue weighted by Crippen LogP contribution is 2.34. The number of nitrogens with zero attached hydrogens (tertiary/aromatic N) is 6. The highest BCUT2D eigenvalue weighted by atomic mass is 32.2. The first-order valence-electron chi connectivity index (χ1n) is 34.0. The molecule has 3 fully saturated rings. The van der Waals surface area contributed by atoms with E-state index in [2.05, 4.69) is 43.2 Å². The fraction of sp³-hybridized carbons (Fsp3) is 0.701. The Balaban J connectivity index is 0.570. The summed E-state index contributed by atoms with van der Waals surface area (Å²) >= 11 is 1.90. The Morgan fingerprint density at radius 2 is 1.19 bits per heavy atom. The van der Waals surface area contributed by atoms with Crippen LogP contribution in [0.4, 0.5) is 10.6 Å². The Bertz CT molecular complexity index is 2810. The molecule has 6 heterocycles. The number of piperazine rings is 1. The molecular formula is C67H104N10O17S. The molecule has 0 spiro atoms. The van der Waals surface area contributed by atoms with Crippen LogP contribution in [0.3, 0.4) is 0 Å². The van der Waals surface area contributed by atoms with Crippen LogP contribution in [-0.4, -0.2) is 276 Å². The predicted molar refractivity (Wildman–Crippen MR) is 360 cm³/mol. The van der Waals surface area contributed by atoms with Crippen molar-refractivity contribution in [3.05, 3.63) is 53.9 Å². The highest BCUT2D eigenvalue weighted by Gasteiger charge is 2.42. The molecule has 6 amide bonds. The smallest absolute Gasteiger partial charge is 0.315 e. The third-order valence-electron chi connectivity index (χ3n) is 16.1. The Hall–Kier alpha value is -5.73. The van der Waals surface area contributed by atoms with Crippen molar-refractivity contribution in [1.29, 1.82) is 0 Å². The highest BCUT2D eigenvalue weighted by molar-refractivity contribution is 8.00. The number of unbranched alkanes of at least 4 members (excludes halogenated alkanes) is 1. The summed E-state index contributed by atoms with van der Waals surface area (Å²) in [5.41, 5.74) is 4.66. The number of nitrogens with one attached hydrogen (secondary N) is 4. The van der Waals surface area contributed by atoms with E-state index in [1.807, 2.05) is 78.7 Å². The molecule has 1 unspecified atom stereocenters. The van der Waals surface area contributed by atoms with Gasteiger partial charge in [-0.15, -0.1) is 0 Å². The molecule has 0 aliphatic carbocycles. The van der Waals surface area contributed by atoms with Crippen LogP contribution in [0.1, 0.15) is 89.0 Å². The van der Waals surface area contributed by atoms with Gasteiger partial charge in [0.1, 0.15) is 5.82 Å². The minimum Gasteiger partial charge on any atom is -0.379 e. The molecule has 4 aliphatic rings. The third kappa shape index (κ3) is 28.0. The Labute approximate surface area is 563 Å². The van der Waals surface area contributed by atoms with Crippen LogP contribution in [0.25, 0.3) is 22.0 Å². The van der Waals surface area contributed by atoms with Crippen LogP contribution in [0.5, 0.6) is 0 Å². The number of thioether (sulfide) groups is 1. The van der Waals surface area contributed by atoms with Crippen LogP contribution in [0.15, 0.2) is 53.3 Å². The van der Waals surface area contributed by atoms with Gasteiger partial charge in [-0.2, -0.15) is 16.9 Å². The fourth-order valence-electron chi connectivity index (χ4n) is 11.2. The number of rotatable bonds is 52. The molecule has 28 heteroatoms. The summed E-state index contributed by atoms with van der Waals surface area (Å²) in [6.07, 6.45) is 10.7. The molecule has 530 valence electrons. The molecule has 3 aromatic rings. The van der Waals surface area contributed by atoms with Crippen molar-refractivity contribution in [2.24, 2.45) is 10.9 Å². The van der Waals surface area contributed by atoms with E-state index in [-0.39, 0.29) is 54.3 Å². The molecular weight excluding hydrogens is 1250 g/mol. The Morgan fingerprint density at radius 3 is 1.72 bits per heavy atom. The van der Waals surface area contributed by atoms with Gasteiger partial charge in [-0.3, -0.25) is 23.9 Å². The lowest BCUT2D eigenvalue weighted by Crippen LogP contribution is -2.49. The van der Waals surface area contributed by atoms with Gasteiger partial charge in [-0.1, -0.05) is 25.3 Å². The molecule has 2 aromatic heterocycles. The van der Waals surface area contributed by atoms with Gasteiger partial charge in [0, 0.05) is 85.6 Å². The quantitative estimate of drug-likeness (QED) is 0.0435. The van der Waals surface area contributed by atoms with E-state index in [0.717, 1.165) is 71.3 Å². The van der Waals surface area contributed by atoms with Gasteiger partial charge in [0.15, 0.2) is 0 Å². The monoisotopic (exact) mass is 1350 g/mol. The van der Waals surface area contributed by atoms with Crippen LogP contribution in [0.2, 0.25) is 0 Å². The summed E-state index contributed by atoms with van der Waals surface area (Å²) in [7, 11) is 0. The first-order chi connectivity index (χ1) is 46.5. The molecule has 95 heavy (non-hydrogen) atoms. The van der Waals surface area contributed by atoms with E-state index >= 15 is 0 Å². The lowest BCUT2D eigenvalue weighted by molar-refractivity contribution is -0.132. The standard InChI is InChI=1S/C67H104N10O17S/c1-5-8-52-43-51(4)72-66(81)56(52)47-70-65(80)55-44-54(45-59-57(55)48-71-77(59)50(2)3)53-11-12-61(69-46-53)75-15-17-76(18-16-75)63(79)13-19-83-21-23-85-25-27-87-29-31-89-33-35-91-37-39-93-41-42-94-40-38-92-36-34-90-32-30-88-28-26-86-24-22-84-20-14-68-62(78)10-7-6-9-60-64-58(49-95-60)73-67(82)74-64/h11-12,43-46,48,50,56,58,60,64H,5-10,13-42,47,49H2,1-4H3,(H,68,78)(H,70,80)(H2,73,74,82)/t56?,58-,60-,64-/m0/s1. The van der Waals surface area contributed by atoms with Crippen LogP contribution >= 0.6 is 11.8 Å². The number of aromatic nitrogens is 3. The molecule has 4 N–H and O–H groups in total. The molecule has 7 rings (SSSR count). The molecule has 3 saturated heterocycles. The fourth-order valence-corrected chi connectivity index (χ4v) is 12.7. The topological polar surface area (TPSA) is 294 Å². The first kappa shape index (κ1) is 76.6. The number of allylic oxidation sites excluding steroid dienone is 1.